The quantitative estimate of drug-likeness (QED) is 0.245. The average Bonchev–Trinajstić information content (AvgIpc) is 3.41. The Morgan fingerprint density at radius 1 is 1.36 bits per heavy atom. The van der Waals surface area contributed by atoms with E-state index in [4.69, 9.17) is 4.74 Å². The zero-order chi connectivity index (χ0) is 19.1. The predicted molar refractivity (Wildman–Crippen MR) is 123 cm³/mol. The van der Waals surface area contributed by atoms with Crippen molar-refractivity contribution >= 4 is 35.8 Å². The van der Waals surface area contributed by atoms with Crippen LogP contribution < -0.4 is 5.32 Å². The first kappa shape index (κ1) is 22.9. The van der Waals surface area contributed by atoms with E-state index in [1.165, 1.54) is 24.0 Å². The number of hydrogen-bond acceptors (Lipinski definition) is 3. The highest BCUT2D eigenvalue weighted by molar-refractivity contribution is 14.0. The van der Waals surface area contributed by atoms with Gasteiger partial charge in [0.05, 0.1) is 6.61 Å². The maximum Gasteiger partial charge on any atom is 0.222 e. The minimum absolute atomic E-state index is 0. The molecule has 0 spiro atoms. The van der Waals surface area contributed by atoms with Crippen molar-refractivity contribution in [3.8, 4) is 0 Å². The lowest BCUT2D eigenvalue weighted by molar-refractivity contribution is -0.128. The van der Waals surface area contributed by atoms with Gasteiger partial charge in [-0.05, 0) is 36.3 Å². The maximum atomic E-state index is 11.8. The Bertz CT molecular complexity index is 664. The van der Waals surface area contributed by atoms with Crippen molar-refractivity contribution in [2.45, 2.75) is 38.8 Å². The Morgan fingerprint density at radius 2 is 2.14 bits per heavy atom. The number of carbonyl (C=O) groups excluding carboxylic acids is 1. The third-order valence-corrected chi connectivity index (χ3v) is 5.18. The Morgan fingerprint density at radius 3 is 2.82 bits per heavy atom. The number of carbonyl (C=O) groups is 1. The summed E-state index contributed by atoms with van der Waals surface area (Å²) in [4.78, 5) is 20.2. The van der Waals surface area contributed by atoms with Gasteiger partial charge in [0.1, 0.15) is 0 Å². The number of amides is 1. The van der Waals surface area contributed by atoms with Crippen molar-refractivity contribution < 1.29 is 9.53 Å². The van der Waals surface area contributed by atoms with Gasteiger partial charge in [-0.3, -0.25) is 9.79 Å². The molecule has 1 amide bonds. The second-order valence-electron chi connectivity index (χ2n) is 7.58. The third-order valence-electron chi connectivity index (χ3n) is 5.18. The van der Waals surface area contributed by atoms with Crippen molar-refractivity contribution in [2.24, 2.45) is 10.9 Å². The van der Waals surface area contributed by atoms with E-state index < -0.39 is 0 Å². The number of ether oxygens (including phenoxy) is 1. The molecule has 0 aromatic heterocycles. The van der Waals surface area contributed by atoms with Crippen LogP contribution in [0, 0.1) is 5.92 Å². The molecule has 0 unspecified atom stereocenters. The van der Waals surface area contributed by atoms with Gasteiger partial charge in [0.2, 0.25) is 5.91 Å². The molecule has 6 nitrogen and oxygen atoms in total. The number of likely N-dealkylation sites (N-methyl/N-ethyl adjacent to an activating group) is 1. The molecule has 2 fully saturated rings. The lowest BCUT2D eigenvalue weighted by Crippen LogP contribution is -2.40. The van der Waals surface area contributed by atoms with Gasteiger partial charge >= 0.3 is 0 Å². The van der Waals surface area contributed by atoms with Crippen LogP contribution in [0.5, 0.6) is 0 Å². The molecule has 1 aliphatic carbocycles. The van der Waals surface area contributed by atoms with Crippen molar-refractivity contribution in [3.63, 3.8) is 0 Å². The summed E-state index contributed by atoms with van der Waals surface area (Å²) in [5.41, 5.74) is 2.38. The van der Waals surface area contributed by atoms with Crippen LogP contribution in [0.3, 0.4) is 0 Å². The van der Waals surface area contributed by atoms with Gasteiger partial charge < -0.3 is 19.9 Å². The van der Waals surface area contributed by atoms with Crippen LogP contribution in [0.1, 0.15) is 36.8 Å². The molecule has 7 heteroatoms. The van der Waals surface area contributed by atoms with E-state index in [-0.39, 0.29) is 29.9 Å². The van der Waals surface area contributed by atoms with Crippen LogP contribution in [0.15, 0.2) is 29.3 Å². The highest BCUT2D eigenvalue weighted by Gasteiger charge is 2.21. The molecule has 1 aromatic rings. The van der Waals surface area contributed by atoms with Gasteiger partial charge in [-0.25, -0.2) is 0 Å². The van der Waals surface area contributed by atoms with E-state index >= 15 is 0 Å². The first-order valence-corrected chi connectivity index (χ1v) is 10.0. The number of likely N-dealkylation sites (tertiary alicyclic amines) is 1. The summed E-state index contributed by atoms with van der Waals surface area (Å²) in [7, 11) is 3.84. The van der Waals surface area contributed by atoms with Gasteiger partial charge in [0, 0.05) is 53.3 Å². The number of nitrogens with zero attached hydrogens (tertiary/aromatic N) is 3. The number of hydrogen-bond donors (Lipinski definition) is 1. The van der Waals surface area contributed by atoms with E-state index in [2.05, 4.69) is 39.5 Å². The molecular weight excluding hydrogens is 467 g/mol. The Balaban J connectivity index is 0.00000280. The molecule has 3 rings (SSSR count). The molecule has 1 aliphatic heterocycles. The van der Waals surface area contributed by atoms with Crippen LogP contribution in [-0.4, -0.2) is 62.1 Å². The number of rotatable bonds is 9. The van der Waals surface area contributed by atoms with E-state index in [1.807, 2.05) is 11.9 Å². The van der Waals surface area contributed by atoms with E-state index in [1.54, 1.807) is 7.05 Å². The normalized spacial score (nSPS) is 16.9. The molecule has 0 atom stereocenters. The maximum absolute atomic E-state index is 11.8. The van der Waals surface area contributed by atoms with Gasteiger partial charge in [-0.2, -0.15) is 0 Å². The zero-order valence-electron chi connectivity index (χ0n) is 17.0. The lowest BCUT2D eigenvalue weighted by Gasteiger charge is -2.22. The fraction of sp³-hybridized carbons (Fsp3) is 0.619. The molecule has 1 heterocycles. The number of benzene rings is 1. The van der Waals surface area contributed by atoms with E-state index in [9.17, 15) is 4.79 Å². The van der Waals surface area contributed by atoms with Crippen LogP contribution in [0.4, 0.5) is 0 Å². The first-order valence-electron chi connectivity index (χ1n) is 10.0. The first-order chi connectivity index (χ1) is 13.2. The molecule has 156 valence electrons. The topological polar surface area (TPSA) is 57.2 Å². The number of guanidine groups is 1. The van der Waals surface area contributed by atoms with Crippen LogP contribution >= 0.6 is 24.0 Å². The molecule has 0 radical (unpaired) electrons. The number of halogens is 1. The van der Waals surface area contributed by atoms with Gasteiger partial charge in [0.25, 0.3) is 0 Å². The van der Waals surface area contributed by atoms with Crippen molar-refractivity contribution in [1.82, 2.24) is 15.1 Å². The SMILES string of the molecule is CN=C(NCc1cccc(CN2CCCC2=O)c1)N(C)CCOCC1CC1.I. The molecule has 0 bridgehead atoms. The molecule has 1 aromatic carbocycles. The van der Waals surface area contributed by atoms with E-state index in [0.29, 0.717) is 19.5 Å². The average molecular weight is 500 g/mol. The molecular formula is C21H33IN4O2. The summed E-state index contributed by atoms with van der Waals surface area (Å²) in [6.45, 7) is 4.74. The lowest BCUT2D eigenvalue weighted by atomic mass is 10.1. The highest BCUT2D eigenvalue weighted by Crippen LogP contribution is 2.28. The molecule has 28 heavy (non-hydrogen) atoms. The predicted octanol–water partition coefficient (Wildman–Crippen LogP) is 2.86. The standard InChI is InChI=1S/C21H32N4O2.HI/c1-22-21(24(2)11-12-27-16-17-8-9-17)23-14-18-5-3-6-19(13-18)15-25-10-4-7-20(25)26;/h3,5-6,13,17H,4,7-12,14-16H2,1-2H3,(H,22,23);1H. The van der Waals surface area contributed by atoms with Crippen LogP contribution in [0.25, 0.3) is 0 Å². The van der Waals surface area contributed by atoms with Gasteiger partial charge in [0.15, 0.2) is 5.96 Å². The number of aliphatic imine (C=N–C) groups is 1. The summed E-state index contributed by atoms with van der Waals surface area (Å²) in [6, 6.07) is 8.43. The molecule has 1 saturated carbocycles. The monoisotopic (exact) mass is 500 g/mol. The minimum Gasteiger partial charge on any atom is -0.379 e. The second-order valence-corrected chi connectivity index (χ2v) is 7.58. The Kier molecular flexibility index (Phi) is 9.50. The summed E-state index contributed by atoms with van der Waals surface area (Å²) in [5.74, 6) is 1.94. The van der Waals surface area contributed by atoms with E-state index in [0.717, 1.165) is 44.6 Å². The van der Waals surface area contributed by atoms with Crippen molar-refractivity contribution in [1.29, 1.82) is 0 Å². The summed E-state index contributed by atoms with van der Waals surface area (Å²) in [5, 5.41) is 3.42. The van der Waals surface area contributed by atoms with Crippen LogP contribution in [0.2, 0.25) is 0 Å². The fourth-order valence-corrected chi connectivity index (χ4v) is 3.34. The third kappa shape index (κ3) is 7.24. The molecule has 1 N–H and O–H groups in total. The summed E-state index contributed by atoms with van der Waals surface area (Å²) in [6.07, 6.45) is 4.31. The summed E-state index contributed by atoms with van der Waals surface area (Å²) >= 11 is 0. The van der Waals surface area contributed by atoms with Crippen molar-refractivity contribution in [2.75, 3.05) is 40.4 Å². The van der Waals surface area contributed by atoms with Crippen LogP contribution in [-0.2, 0) is 22.6 Å². The second kappa shape index (κ2) is 11.6. The highest BCUT2D eigenvalue weighted by atomic mass is 127. The van der Waals surface area contributed by atoms with Crippen molar-refractivity contribution in [3.05, 3.63) is 35.4 Å². The minimum atomic E-state index is 0. The molecule has 2 aliphatic rings. The molecule has 1 saturated heterocycles. The smallest absolute Gasteiger partial charge is 0.222 e. The van der Waals surface area contributed by atoms with Gasteiger partial charge in [-0.15, -0.1) is 24.0 Å². The number of nitrogens with one attached hydrogen (secondary N) is 1. The Hall–Kier alpha value is -1.35. The zero-order valence-corrected chi connectivity index (χ0v) is 19.4. The fourth-order valence-electron chi connectivity index (χ4n) is 3.34. The summed E-state index contributed by atoms with van der Waals surface area (Å²) < 4.78 is 5.72. The van der Waals surface area contributed by atoms with Gasteiger partial charge in [-0.1, -0.05) is 24.3 Å². The Labute approximate surface area is 185 Å². The largest absolute Gasteiger partial charge is 0.379 e.